The number of ether oxygens (including phenoxy) is 1. The first-order valence-corrected chi connectivity index (χ1v) is 8.96. The number of hydrogen-bond acceptors (Lipinski definition) is 4. The van der Waals surface area contributed by atoms with Gasteiger partial charge >= 0.3 is 0 Å². The Morgan fingerprint density at radius 2 is 1.93 bits per heavy atom. The number of carbonyl (C=O) groups excluding carboxylic acids is 1. The summed E-state index contributed by atoms with van der Waals surface area (Å²) in [6.45, 7) is 11.4. The third-order valence-corrected chi connectivity index (χ3v) is 4.73. The topological polar surface area (TPSA) is 56.5 Å². The number of allylic oxidation sites excluding steroid dienone is 1. The van der Waals surface area contributed by atoms with Crippen LogP contribution in [-0.4, -0.2) is 11.4 Å². The molecule has 0 bridgehead atoms. The summed E-state index contributed by atoms with van der Waals surface area (Å²) >= 11 is 0. The molecule has 0 aliphatic heterocycles. The van der Waals surface area contributed by atoms with Gasteiger partial charge in [-0.3, -0.25) is 9.59 Å². The minimum atomic E-state index is -1.41. The molecular formula is C23H24O4. The number of hydrogen-bond donors (Lipinski definition) is 0. The Kier molecular flexibility index (Phi) is 4.79. The van der Waals surface area contributed by atoms with Gasteiger partial charge in [0.2, 0.25) is 0 Å². The molecule has 1 heterocycles. The van der Waals surface area contributed by atoms with Crippen molar-refractivity contribution in [2.24, 2.45) is 0 Å². The molecule has 1 atom stereocenters. The lowest BCUT2D eigenvalue weighted by molar-refractivity contribution is -0.162. The summed E-state index contributed by atoms with van der Waals surface area (Å²) < 4.78 is 12.4. The van der Waals surface area contributed by atoms with Crippen LogP contribution in [-0.2, 0) is 15.1 Å². The summed E-state index contributed by atoms with van der Waals surface area (Å²) in [5.74, 6) is 0.00646. The molecule has 0 saturated carbocycles. The fraction of sp³-hybridized carbons (Fsp3) is 0.304. The highest BCUT2D eigenvalue weighted by Crippen LogP contribution is 2.41. The average molecular weight is 364 g/mol. The largest absolute Gasteiger partial charge is 0.457 e. The van der Waals surface area contributed by atoms with Gasteiger partial charge in [0.05, 0.1) is 16.6 Å². The van der Waals surface area contributed by atoms with Gasteiger partial charge in [0.15, 0.2) is 22.6 Å². The van der Waals surface area contributed by atoms with E-state index in [0.29, 0.717) is 16.5 Å². The Morgan fingerprint density at radius 3 is 2.59 bits per heavy atom. The van der Waals surface area contributed by atoms with Gasteiger partial charge in [-0.25, -0.2) is 0 Å². The molecule has 1 unspecified atom stereocenters. The van der Waals surface area contributed by atoms with Crippen molar-refractivity contribution in [2.75, 3.05) is 0 Å². The van der Waals surface area contributed by atoms with Gasteiger partial charge in [0.1, 0.15) is 5.58 Å². The summed E-state index contributed by atoms with van der Waals surface area (Å²) in [6, 6.07) is 7.03. The van der Waals surface area contributed by atoms with E-state index in [1.54, 1.807) is 30.3 Å². The van der Waals surface area contributed by atoms with E-state index in [4.69, 9.17) is 9.15 Å². The first-order valence-electron chi connectivity index (χ1n) is 8.96. The maximum absolute atomic E-state index is 13.1. The van der Waals surface area contributed by atoms with E-state index in [0.717, 1.165) is 5.57 Å². The van der Waals surface area contributed by atoms with E-state index < -0.39 is 11.2 Å². The lowest BCUT2D eigenvalue weighted by Gasteiger charge is -2.38. The van der Waals surface area contributed by atoms with Gasteiger partial charge in [-0.05, 0) is 52.0 Å². The highest BCUT2D eigenvalue weighted by Gasteiger charge is 2.48. The molecule has 0 radical (unpaired) electrons. The van der Waals surface area contributed by atoms with Crippen LogP contribution in [0.2, 0.25) is 0 Å². The minimum absolute atomic E-state index is 0.169. The fourth-order valence-electron chi connectivity index (χ4n) is 3.18. The maximum atomic E-state index is 13.1. The lowest BCUT2D eigenvalue weighted by atomic mass is 9.82. The number of fused-ring (bicyclic) bond motifs is 2. The first-order chi connectivity index (χ1) is 12.7. The second-order valence-corrected chi connectivity index (χ2v) is 7.59. The van der Waals surface area contributed by atoms with Crippen LogP contribution in [0.25, 0.3) is 17.0 Å². The highest BCUT2D eigenvalue weighted by atomic mass is 16.5. The van der Waals surface area contributed by atoms with E-state index in [2.05, 4.69) is 6.58 Å². The summed E-state index contributed by atoms with van der Waals surface area (Å²) in [4.78, 5) is 26.1. The standard InChI is InChI=1S/C23H24O4/c1-6-22(4,5)27-23(14-13-15(2)3)19(24)12-11-17-20(25)16-9-7-8-10-18(16)26-21(17)23/h6-13H,1,14H2,2-5H3. The molecular weight excluding hydrogens is 340 g/mol. The molecule has 3 rings (SSSR count). The number of ketones is 1. The smallest absolute Gasteiger partial charge is 0.200 e. The SMILES string of the molecule is C=CC(C)(C)OC1(CC=C(C)C)C(=O)C=Cc2c1oc1ccccc1c2=O. The molecule has 1 aliphatic carbocycles. The van der Waals surface area contributed by atoms with Gasteiger partial charge in [-0.1, -0.05) is 29.9 Å². The fourth-order valence-corrected chi connectivity index (χ4v) is 3.18. The van der Waals surface area contributed by atoms with Crippen molar-refractivity contribution in [3.8, 4) is 0 Å². The average Bonchev–Trinajstić information content (AvgIpc) is 2.63. The molecule has 4 nitrogen and oxygen atoms in total. The Hall–Kier alpha value is -2.72. The van der Waals surface area contributed by atoms with Crippen LogP contribution >= 0.6 is 0 Å². The summed E-state index contributed by atoms with van der Waals surface area (Å²) in [5.41, 5.74) is -0.542. The summed E-state index contributed by atoms with van der Waals surface area (Å²) in [7, 11) is 0. The Bertz CT molecular complexity index is 1030. The quantitative estimate of drug-likeness (QED) is 0.707. The number of benzene rings is 1. The molecule has 4 heteroatoms. The molecule has 0 spiro atoms. The molecule has 27 heavy (non-hydrogen) atoms. The van der Waals surface area contributed by atoms with Crippen LogP contribution in [0.5, 0.6) is 0 Å². The second-order valence-electron chi connectivity index (χ2n) is 7.59. The van der Waals surface area contributed by atoms with Crippen LogP contribution in [0.15, 0.2) is 63.9 Å². The van der Waals surface area contributed by atoms with E-state index in [1.165, 1.54) is 12.2 Å². The van der Waals surface area contributed by atoms with Crippen molar-refractivity contribution in [2.45, 2.75) is 45.3 Å². The first kappa shape index (κ1) is 19.1. The third kappa shape index (κ3) is 3.33. The van der Waals surface area contributed by atoms with Crippen LogP contribution < -0.4 is 5.43 Å². The summed E-state index contributed by atoms with van der Waals surface area (Å²) in [5, 5.41) is 0.481. The van der Waals surface area contributed by atoms with Crippen LogP contribution in [0.3, 0.4) is 0 Å². The van der Waals surface area contributed by atoms with Crippen molar-refractivity contribution in [3.05, 3.63) is 76.2 Å². The zero-order chi connectivity index (χ0) is 19.8. The van der Waals surface area contributed by atoms with Gasteiger partial charge in [-0.2, -0.15) is 0 Å². The van der Waals surface area contributed by atoms with Gasteiger partial charge < -0.3 is 9.15 Å². The molecule has 1 aliphatic rings. The normalized spacial score (nSPS) is 19.0. The van der Waals surface area contributed by atoms with Crippen molar-refractivity contribution in [3.63, 3.8) is 0 Å². The maximum Gasteiger partial charge on any atom is 0.200 e. The van der Waals surface area contributed by atoms with E-state index in [9.17, 15) is 9.59 Å². The van der Waals surface area contributed by atoms with Crippen LogP contribution in [0, 0.1) is 0 Å². The number of para-hydroxylation sites is 1. The number of rotatable bonds is 5. The van der Waals surface area contributed by atoms with Crippen LogP contribution in [0.1, 0.15) is 45.4 Å². The zero-order valence-corrected chi connectivity index (χ0v) is 16.2. The van der Waals surface area contributed by atoms with Crippen molar-refractivity contribution in [1.82, 2.24) is 0 Å². The predicted molar refractivity (Wildman–Crippen MR) is 108 cm³/mol. The minimum Gasteiger partial charge on any atom is -0.457 e. The Morgan fingerprint density at radius 1 is 1.22 bits per heavy atom. The Labute approximate surface area is 158 Å². The molecule has 0 N–H and O–H groups in total. The zero-order valence-electron chi connectivity index (χ0n) is 16.2. The molecule has 0 saturated heterocycles. The van der Waals surface area contributed by atoms with E-state index >= 15 is 0 Å². The molecule has 0 amide bonds. The van der Waals surface area contributed by atoms with Gasteiger partial charge in [-0.15, -0.1) is 6.58 Å². The number of carbonyl (C=O) groups is 1. The predicted octanol–water partition coefficient (Wildman–Crippen LogP) is 4.92. The van der Waals surface area contributed by atoms with E-state index in [1.807, 2.05) is 33.8 Å². The molecule has 0 fully saturated rings. The van der Waals surface area contributed by atoms with Gasteiger partial charge in [0, 0.05) is 6.42 Å². The van der Waals surface area contributed by atoms with E-state index in [-0.39, 0.29) is 23.4 Å². The second kappa shape index (κ2) is 6.78. The summed E-state index contributed by atoms with van der Waals surface area (Å²) in [6.07, 6.45) is 6.77. The monoisotopic (exact) mass is 364 g/mol. The highest BCUT2D eigenvalue weighted by molar-refractivity contribution is 6.04. The van der Waals surface area contributed by atoms with Crippen molar-refractivity contribution >= 4 is 22.8 Å². The van der Waals surface area contributed by atoms with Crippen molar-refractivity contribution < 1.29 is 13.9 Å². The molecule has 2 aromatic rings. The molecule has 140 valence electrons. The third-order valence-electron chi connectivity index (χ3n) is 4.73. The Balaban J connectivity index is 2.35. The molecule has 1 aromatic heterocycles. The van der Waals surface area contributed by atoms with Crippen molar-refractivity contribution in [1.29, 1.82) is 0 Å². The van der Waals surface area contributed by atoms with Gasteiger partial charge in [0.25, 0.3) is 0 Å². The lowest BCUT2D eigenvalue weighted by Crippen LogP contribution is -2.46. The molecule has 1 aromatic carbocycles. The van der Waals surface area contributed by atoms with Crippen LogP contribution in [0.4, 0.5) is 0 Å².